The molecule has 1 aliphatic heterocycles. The molecular formula is C22H22N4O4. The first-order valence-electron chi connectivity index (χ1n) is 9.64. The van der Waals surface area contributed by atoms with E-state index in [-0.39, 0.29) is 23.0 Å². The van der Waals surface area contributed by atoms with E-state index in [1.165, 1.54) is 13.0 Å². The quantitative estimate of drug-likeness (QED) is 0.677. The van der Waals surface area contributed by atoms with Crippen molar-refractivity contribution in [3.8, 4) is 5.88 Å². The van der Waals surface area contributed by atoms with Crippen molar-refractivity contribution in [2.45, 2.75) is 33.6 Å². The van der Waals surface area contributed by atoms with Crippen LogP contribution in [0.2, 0.25) is 0 Å². The maximum Gasteiger partial charge on any atom is 0.225 e. The molecule has 0 bridgehead atoms. The second-order valence-corrected chi connectivity index (χ2v) is 7.18. The van der Waals surface area contributed by atoms with Crippen LogP contribution in [-0.2, 0) is 4.79 Å². The van der Waals surface area contributed by atoms with Crippen LogP contribution in [-0.4, -0.2) is 22.4 Å². The van der Waals surface area contributed by atoms with E-state index in [1.54, 1.807) is 26.0 Å². The van der Waals surface area contributed by atoms with Crippen LogP contribution in [0, 0.1) is 6.92 Å². The maximum absolute atomic E-state index is 12.7. The molecule has 2 aromatic heterocycles. The van der Waals surface area contributed by atoms with E-state index in [9.17, 15) is 9.59 Å². The van der Waals surface area contributed by atoms with Gasteiger partial charge in [0.2, 0.25) is 11.8 Å². The number of fused-ring (bicyclic) bond motifs is 2. The van der Waals surface area contributed by atoms with E-state index in [1.807, 2.05) is 13.0 Å². The van der Waals surface area contributed by atoms with Crippen LogP contribution >= 0.6 is 0 Å². The number of hydrogen-bond donors (Lipinski definition) is 2. The number of benzene rings is 1. The van der Waals surface area contributed by atoms with E-state index < -0.39 is 5.92 Å². The molecule has 1 aliphatic rings. The molecule has 1 atom stereocenters. The predicted molar refractivity (Wildman–Crippen MR) is 114 cm³/mol. The molecule has 0 saturated carbocycles. The summed E-state index contributed by atoms with van der Waals surface area (Å²) in [6, 6.07) is 6.77. The van der Waals surface area contributed by atoms with Crippen molar-refractivity contribution in [1.82, 2.24) is 9.97 Å². The number of rotatable bonds is 4. The van der Waals surface area contributed by atoms with Crippen molar-refractivity contribution < 1.29 is 13.9 Å². The summed E-state index contributed by atoms with van der Waals surface area (Å²) in [5.41, 5.74) is 8.57. The van der Waals surface area contributed by atoms with Gasteiger partial charge in [-0.2, -0.15) is 9.97 Å². The third kappa shape index (κ3) is 3.10. The fourth-order valence-electron chi connectivity index (χ4n) is 3.99. The maximum atomic E-state index is 12.7. The van der Waals surface area contributed by atoms with E-state index in [2.05, 4.69) is 15.3 Å². The van der Waals surface area contributed by atoms with E-state index >= 15 is 0 Å². The van der Waals surface area contributed by atoms with Crippen molar-refractivity contribution in [1.29, 1.82) is 0 Å². The zero-order valence-corrected chi connectivity index (χ0v) is 17.2. The van der Waals surface area contributed by atoms with Crippen LogP contribution in [0.25, 0.3) is 11.0 Å². The fraction of sp³-hybridized carbons (Fsp3) is 0.273. The zero-order valence-electron chi connectivity index (χ0n) is 17.2. The lowest BCUT2D eigenvalue weighted by Crippen LogP contribution is -2.24. The fourth-order valence-corrected chi connectivity index (χ4v) is 3.99. The van der Waals surface area contributed by atoms with Crippen molar-refractivity contribution in [3.63, 3.8) is 0 Å². The third-order valence-corrected chi connectivity index (χ3v) is 5.09. The Balaban J connectivity index is 2.12. The minimum Gasteiger partial charge on any atom is -0.478 e. The minimum absolute atomic E-state index is 0.0582. The molecule has 0 spiro atoms. The highest BCUT2D eigenvalue weighted by molar-refractivity contribution is 5.99. The van der Waals surface area contributed by atoms with Crippen LogP contribution in [0.3, 0.4) is 0 Å². The number of Topliss-reactive ketones (excluding diaryl/α,β-unsaturated/α-hetero) is 1. The smallest absolute Gasteiger partial charge is 0.225 e. The number of nitrogens with two attached hydrogens (primary N) is 1. The van der Waals surface area contributed by atoms with Crippen LogP contribution in [0.15, 0.2) is 44.7 Å². The molecule has 1 aromatic carbocycles. The number of anilines is 2. The number of carbonyl (C=O) groups excluding carboxylic acids is 1. The minimum atomic E-state index is -0.588. The summed E-state index contributed by atoms with van der Waals surface area (Å²) >= 11 is 0. The molecule has 8 nitrogen and oxygen atoms in total. The van der Waals surface area contributed by atoms with E-state index in [4.69, 9.17) is 14.9 Å². The SMILES string of the molecule is CCOc1nc(N)nc2c1C(c1cccc3c(=O)cc(C)oc13)C(C(C)=O)=C(C)N2. The van der Waals surface area contributed by atoms with Gasteiger partial charge >= 0.3 is 0 Å². The van der Waals surface area contributed by atoms with Gasteiger partial charge in [0, 0.05) is 22.9 Å². The van der Waals surface area contributed by atoms with Gasteiger partial charge in [-0.25, -0.2) is 0 Å². The normalized spacial score (nSPS) is 15.7. The lowest BCUT2D eigenvalue weighted by molar-refractivity contribution is -0.113. The second kappa shape index (κ2) is 7.29. The van der Waals surface area contributed by atoms with Crippen LogP contribution < -0.4 is 21.2 Å². The van der Waals surface area contributed by atoms with E-state index in [0.29, 0.717) is 51.6 Å². The molecule has 4 rings (SSSR count). The highest BCUT2D eigenvalue weighted by Crippen LogP contribution is 2.46. The first-order valence-corrected chi connectivity index (χ1v) is 9.64. The monoisotopic (exact) mass is 406 g/mol. The summed E-state index contributed by atoms with van der Waals surface area (Å²) in [5, 5.41) is 3.59. The highest BCUT2D eigenvalue weighted by atomic mass is 16.5. The Hall–Kier alpha value is -3.68. The molecular weight excluding hydrogens is 384 g/mol. The summed E-state index contributed by atoms with van der Waals surface area (Å²) in [7, 11) is 0. The number of carbonyl (C=O) groups is 1. The molecule has 154 valence electrons. The number of hydrogen-bond acceptors (Lipinski definition) is 8. The molecule has 8 heteroatoms. The van der Waals surface area contributed by atoms with E-state index in [0.717, 1.165) is 0 Å². The Kier molecular flexibility index (Phi) is 4.77. The van der Waals surface area contributed by atoms with Gasteiger partial charge in [0.15, 0.2) is 11.2 Å². The topological polar surface area (TPSA) is 120 Å². The average Bonchev–Trinajstić information content (AvgIpc) is 2.66. The molecule has 0 saturated heterocycles. The van der Waals surface area contributed by atoms with Gasteiger partial charge in [-0.3, -0.25) is 9.59 Å². The molecule has 3 aromatic rings. The van der Waals surface area contributed by atoms with Gasteiger partial charge < -0.3 is 20.2 Å². The van der Waals surface area contributed by atoms with Gasteiger partial charge in [0.05, 0.1) is 23.5 Å². The zero-order chi connectivity index (χ0) is 21.6. The molecule has 0 aliphatic carbocycles. The van der Waals surface area contributed by atoms with Crippen molar-refractivity contribution in [3.05, 3.63) is 62.6 Å². The summed E-state index contributed by atoms with van der Waals surface area (Å²) < 4.78 is 11.7. The second-order valence-electron chi connectivity index (χ2n) is 7.18. The Morgan fingerprint density at radius 1 is 1.30 bits per heavy atom. The van der Waals surface area contributed by atoms with Crippen molar-refractivity contribution >= 4 is 28.5 Å². The predicted octanol–water partition coefficient (Wildman–Crippen LogP) is 3.29. The number of ether oxygens (including phenoxy) is 1. The number of nitrogens with zero attached hydrogens (tertiary/aromatic N) is 2. The summed E-state index contributed by atoms with van der Waals surface area (Å²) in [4.78, 5) is 33.9. The molecule has 30 heavy (non-hydrogen) atoms. The summed E-state index contributed by atoms with van der Waals surface area (Å²) in [6.45, 7) is 7.22. The van der Waals surface area contributed by atoms with Crippen LogP contribution in [0.1, 0.15) is 43.6 Å². The Morgan fingerprint density at radius 3 is 2.77 bits per heavy atom. The molecule has 0 radical (unpaired) electrons. The Labute approximate surface area is 172 Å². The van der Waals surface area contributed by atoms with Gasteiger partial charge in [0.1, 0.15) is 17.2 Å². The summed E-state index contributed by atoms with van der Waals surface area (Å²) in [6.07, 6.45) is 0. The molecule has 3 N–H and O–H groups in total. The number of para-hydroxylation sites is 1. The molecule has 3 heterocycles. The number of aryl methyl sites for hydroxylation is 1. The lowest BCUT2D eigenvalue weighted by atomic mass is 9.80. The third-order valence-electron chi connectivity index (χ3n) is 5.09. The first kappa shape index (κ1) is 19.6. The van der Waals surface area contributed by atoms with Crippen LogP contribution in [0.4, 0.5) is 11.8 Å². The standard InChI is InChI=1S/C22H22N4O4/c1-5-29-21-18-17(14-8-6-7-13-15(28)9-10(2)30-19(13)14)16(12(4)27)11(3)24-20(18)25-22(23)26-21/h6-9,17H,5H2,1-4H3,(H3,23,24,25,26). The largest absolute Gasteiger partial charge is 0.478 e. The van der Waals surface area contributed by atoms with Gasteiger partial charge in [0.25, 0.3) is 0 Å². The Morgan fingerprint density at radius 2 is 2.07 bits per heavy atom. The number of nitrogens with one attached hydrogen (secondary N) is 1. The van der Waals surface area contributed by atoms with Gasteiger partial charge in [-0.1, -0.05) is 12.1 Å². The summed E-state index contributed by atoms with van der Waals surface area (Å²) in [5.74, 6) is 0.582. The number of ketones is 1. The van der Waals surface area contributed by atoms with Crippen molar-refractivity contribution in [2.24, 2.45) is 0 Å². The van der Waals surface area contributed by atoms with Gasteiger partial charge in [-0.05, 0) is 33.8 Å². The molecule has 0 amide bonds. The van der Waals surface area contributed by atoms with Gasteiger partial charge in [-0.15, -0.1) is 0 Å². The average molecular weight is 406 g/mol. The highest BCUT2D eigenvalue weighted by Gasteiger charge is 2.36. The molecule has 0 fully saturated rings. The lowest BCUT2D eigenvalue weighted by Gasteiger charge is -2.30. The van der Waals surface area contributed by atoms with Crippen molar-refractivity contribution in [2.75, 3.05) is 17.7 Å². The number of nitrogen functional groups attached to an aromatic ring is 1. The first-order chi connectivity index (χ1) is 14.3. The number of allylic oxidation sites excluding steroid dienone is 2. The number of aromatic nitrogens is 2. The van der Waals surface area contributed by atoms with Crippen LogP contribution in [0.5, 0.6) is 5.88 Å². The Bertz CT molecular complexity index is 1280. The molecule has 1 unspecified atom stereocenters.